The number of rotatable bonds is 2. The van der Waals surface area contributed by atoms with Gasteiger partial charge in [0.2, 0.25) is 6.10 Å². The van der Waals surface area contributed by atoms with E-state index in [1.807, 2.05) is 0 Å². The van der Waals surface area contributed by atoms with Gasteiger partial charge in [-0.3, -0.25) is 0 Å². The van der Waals surface area contributed by atoms with Gasteiger partial charge in [0.05, 0.1) is 0 Å². The van der Waals surface area contributed by atoms with Gasteiger partial charge in [-0.2, -0.15) is 0 Å². The van der Waals surface area contributed by atoms with Crippen LogP contribution in [0.25, 0.3) is 0 Å². The molecule has 0 aromatic carbocycles. The van der Waals surface area contributed by atoms with Crippen molar-refractivity contribution in [3.63, 3.8) is 0 Å². The van der Waals surface area contributed by atoms with E-state index in [4.69, 9.17) is 9.47 Å². The average molecular weight is 210 g/mol. The summed E-state index contributed by atoms with van der Waals surface area (Å²) in [4.78, 5) is 22.7. The van der Waals surface area contributed by atoms with Crippen LogP contribution in [0.4, 0.5) is 0 Å². The summed E-state index contributed by atoms with van der Waals surface area (Å²) in [6.07, 6.45) is 2.06. The standard InChI is InChI=1S/C11H14O4/c1-6(2)10(12)15-9-7-4-3-5-8(7)14-11(9)13/h7-9H,1,3-5H2,2H3/t7?,8-,9?/m1/s1. The molecule has 0 aromatic rings. The third kappa shape index (κ3) is 1.76. The van der Waals surface area contributed by atoms with Gasteiger partial charge < -0.3 is 9.47 Å². The van der Waals surface area contributed by atoms with Crippen LogP contribution in [0.15, 0.2) is 12.2 Å². The summed E-state index contributed by atoms with van der Waals surface area (Å²) in [7, 11) is 0. The average Bonchev–Trinajstić information content (AvgIpc) is 2.69. The fraction of sp³-hybridized carbons (Fsp3) is 0.636. The third-order valence-electron chi connectivity index (χ3n) is 2.97. The first kappa shape index (κ1) is 10.2. The molecular formula is C11H14O4. The predicted octanol–water partition coefficient (Wildman–Crippen LogP) is 1.20. The first-order valence-electron chi connectivity index (χ1n) is 5.16. The maximum atomic E-state index is 11.4. The van der Waals surface area contributed by atoms with E-state index in [0.29, 0.717) is 5.57 Å². The van der Waals surface area contributed by atoms with E-state index >= 15 is 0 Å². The van der Waals surface area contributed by atoms with Gasteiger partial charge in [0, 0.05) is 11.5 Å². The third-order valence-corrected chi connectivity index (χ3v) is 2.97. The highest BCUT2D eigenvalue weighted by atomic mass is 16.6. The van der Waals surface area contributed by atoms with Crippen LogP contribution < -0.4 is 0 Å². The molecule has 0 bridgehead atoms. The van der Waals surface area contributed by atoms with Crippen molar-refractivity contribution in [1.82, 2.24) is 0 Å². The van der Waals surface area contributed by atoms with Crippen LogP contribution in [0, 0.1) is 5.92 Å². The van der Waals surface area contributed by atoms with Crippen molar-refractivity contribution in [3.8, 4) is 0 Å². The highest BCUT2D eigenvalue weighted by molar-refractivity contribution is 5.90. The normalized spacial score (nSPS) is 33.4. The SMILES string of the molecule is C=C(C)C(=O)OC1C(=O)O[C@@H]2CCCC12. The second kappa shape index (κ2) is 3.68. The lowest BCUT2D eigenvalue weighted by atomic mass is 10.0. The van der Waals surface area contributed by atoms with E-state index in [1.54, 1.807) is 6.92 Å². The summed E-state index contributed by atoms with van der Waals surface area (Å²) in [5.41, 5.74) is 0.309. The summed E-state index contributed by atoms with van der Waals surface area (Å²) in [5.74, 6) is -0.857. The molecule has 0 amide bonds. The summed E-state index contributed by atoms with van der Waals surface area (Å²) >= 11 is 0. The number of hydrogen-bond acceptors (Lipinski definition) is 4. The lowest BCUT2D eigenvalue weighted by Crippen LogP contribution is -2.29. The first-order valence-corrected chi connectivity index (χ1v) is 5.16. The Morgan fingerprint density at radius 2 is 2.27 bits per heavy atom. The second-order valence-corrected chi connectivity index (χ2v) is 4.18. The number of carbonyl (C=O) groups excluding carboxylic acids is 2. The molecular weight excluding hydrogens is 196 g/mol. The molecule has 1 saturated carbocycles. The smallest absolute Gasteiger partial charge is 0.348 e. The lowest BCUT2D eigenvalue weighted by Gasteiger charge is -2.13. The van der Waals surface area contributed by atoms with Gasteiger partial charge in [0.1, 0.15) is 6.10 Å². The van der Waals surface area contributed by atoms with Gasteiger partial charge in [0.15, 0.2) is 0 Å². The zero-order chi connectivity index (χ0) is 11.0. The van der Waals surface area contributed by atoms with Crippen molar-refractivity contribution in [2.75, 3.05) is 0 Å². The minimum Gasteiger partial charge on any atom is -0.459 e. The molecule has 82 valence electrons. The summed E-state index contributed by atoms with van der Waals surface area (Å²) < 4.78 is 10.2. The Morgan fingerprint density at radius 3 is 2.93 bits per heavy atom. The van der Waals surface area contributed by atoms with Crippen LogP contribution in [-0.4, -0.2) is 24.1 Å². The van der Waals surface area contributed by atoms with Gasteiger partial charge >= 0.3 is 11.9 Å². The van der Waals surface area contributed by atoms with E-state index < -0.39 is 18.0 Å². The molecule has 4 heteroatoms. The Balaban J connectivity index is 2.05. The van der Waals surface area contributed by atoms with Crippen LogP contribution in [0.1, 0.15) is 26.2 Å². The van der Waals surface area contributed by atoms with Gasteiger partial charge in [0.25, 0.3) is 0 Å². The van der Waals surface area contributed by atoms with Crippen molar-refractivity contribution in [2.45, 2.75) is 38.4 Å². The van der Waals surface area contributed by atoms with E-state index in [0.717, 1.165) is 19.3 Å². The number of fused-ring (bicyclic) bond motifs is 1. The molecule has 1 saturated heterocycles. The Kier molecular flexibility index (Phi) is 2.50. The number of esters is 2. The van der Waals surface area contributed by atoms with Crippen molar-refractivity contribution in [3.05, 3.63) is 12.2 Å². The molecule has 1 heterocycles. The number of hydrogen-bond donors (Lipinski definition) is 0. The van der Waals surface area contributed by atoms with Crippen LogP contribution >= 0.6 is 0 Å². The topological polar surface area (TPSA) is 52.6 Å². The van der Waals surface area contributed by atoms with E-state index in [9.17, 15) is 9.59 Å². The van der Waals surface area contributed by atoms with Crippen molar-refractivity contribution >= 4 is 11.9 Å². The molecule has 2 unspecified atom stereocenters. The molecule has 1 aliphatic heterocycles. The van der Waals surface area contributed by atoms with E-state index in [1.165, 1.54) is 0 Å². The Labute approximate surface area is 88.2 Å². The molecule has 0 N–H and O–H groups in total. The maximum Gasteiger partial charge on any atom is 0.348 e. The zero-order valence-electron chi connectivity index (χ0n) is 8.69. The largest absolute Gasteiger partial charge is 0.459 e. The zero-order valence-corrected chi connectivity index (χ0v) is 8.69. The Bertz CT molecular complexity index is 321. The molecule has 2 aliphatic rings. The molecule has 15 heavy (non-hydrogen) atoms. The minimum absolute atomic E-state index is 0.0413. The Morgan fingerprint density at radius 1 is 1.53 bits per heavy atom. The Hall–Kier alpha value is -1.32. The van der Waals surface area contributed by atoms with Crippen LogP contribution in [-0.2, 0) is 19.1 Å². The monoisotopic (exact) mass is 210 g/mol. The van der Waals surface area contributed by atoms with E-state index in [-0.39, 0.29) is 12.0 Å². The molecule has 3 atom stereocenters. The summed E-state index contributed by atoms with van der Waals surface area (Å²) in [5, 5.41) is 0. The molecule has 0 spiro atoms. The van der Waals surface area contributed by atoms with Crippen LogP contribution in [0.3, 0.4) is 0 Å². The van der Waals surface area contributed by atoms with Crippen molar-refractivity contribution in [1.29, 1.82) is 0 Å². The minimum atomic E-state index is -0.707. The van der Waals surface area contributed by atoms with Crippen molar-refractivity contribution in [2.24, 2.45) is 5.92 Å². The van der Waals surface area contributed by atoms with Crippen LogP contribution in [0.2, 0.25) is 0 Å². The van der Waals surface area contributed by atoms with Gasteiger partial charge in [-0.1, -0.05) is 6.58 Å². The molecule has 2 rings (SSSR count). The van der Waals surface area contributed by atoms with Gasteiger partial charge in [-0.05, 0) is 26.2 Å². The van der Waals surface area contributed by atoms with Crippen LogP contribution in [0.5, 0.6) is 0 Å². The maximum absolute atomic E-state index is 11.4. The highest BCUT2D eigenvalue weighted by Crippen LogP contribution is 2.38. The summed E-state index contributed by atoms with van der Waals surface area (Å²) in [6.45, 7) is 5.05. The fourth-order valence-corrected chi connectivity index (χ4v) is 2.19. The highest BCUT2D eigenvalue weighted by Gasteiger charge is 2.49. The summed E-state index contributed by atoms with van der Waals surface area (Å²) in [6, 6.07) is 0. The molecule has 0 radical (unpaired) electrons. The quantitative estimate of drug-likeness (QED) is 0.507. The second-order valence-electron chi connectivity index (χ2n) is 4.18. The van der Waals surface area contributed by atoms with E-state index in [2.05, 4.69) is 6.58 Å². The predicted molar refractivity (Wildman–Crippen MR) is 51.9 cm³/mol. The number of ether oxygens (including phenoxy) is 2. The lowest BCUT2D eigenvalue weighted by molar-refractivity contribution is -0.159. The number of carbonyl (C=O) groups is 2. The molecule has 2 fully saturated rings. The van der Waals surface area contributed by atoms with Gasteiger partial charge in [-0.25, -0.2) is 9.59 Å². The first-order chi connectivity index (χ1) is 7.09. The molecule has 4 nitrogen and oxygen atoms in total. The fourth-order valence-electron chi connectivity index (χ4n) is 2.19. The molecule has 1 aliphatic carbocycles. The molecule has 0 aromatic heterocycles. The van der Waals surface area contributed by atoms with Gasteiger partial charge in [-0.15, -0.1) is 0 Å². The van der Waals surface area contributed by atoms with Crippen molar-refractivity contribution < 1.29 is 19.1 Å².